The van der Waals surface area contributed by atoms with Crippen LogP contribution >= 0.6 is 0 Å². The lowest BCUT2D eigenvalue weighted by Crippen LogP contribution is -2.90. The number of Topliss-reactive ketones (excluding diaryl/α,β-unsaturated/α-hetero) is 1. The molecule has 0 atom stereocenters. The lowest BCUT2D eigenvalue weighted by molar-refractivity contribution is -0.688. The van der Waals surface area contributed by atoms with Crippen molar-refractivity contribution >= 4 is 5.78 Å². The van der Waals surface area contributed by atoms with Gasteiger partial charge in [-0.1, -0.05) is 19.1 Å². The van der Waals surface area contributed by atoms with Gasteiger partial charge >= 0.3 is 0 Å². The summed E-state index contributed by atoms with van der Waals surface area (Å²) in [5.74, 6) is 0.879. The number of hydrogen-bond donors (Lipinski definition) is 1. The first-order chi connectivity index (χ1) is 9.31. The number of ketones is 1. The molecule has 2 N–H and O–H groups in total. The van der Waals surface area contributed by atoms with Crippen molar-refractivity contribution in [2.45, 2.75) is 45.1 Å². The van der Waals surface area contributed by atoms with E-state index in [9.17, 15) is 4.79 Å². The van der Waals surface area contributed by atoms with E-state index in [1.54, 1.807) is 0 Å². The van der Waals surface area contributed by atoms with Crippen molar-refractivity contribution < 1.29 is 14.8 Å². The number of hydrogen-bond acceptors (Lipinski definition) is 2. The highest BCUT2D eigenvalue weighted by molar-refractivity contribution is 5.98. The minimum atomic E-state index is 0.148. The molecule has 0 spiro atoms. The number of rotatable bonds is 7. The van der Waals surface area contributed by atoms with Crippen molar-refractivity contribution in [3.63, 3.8) is 0 Å². The number of ether oxygens (including phenoxy) is 1. The molecule has 0 bridgehead atoms. The Bertz CT molecular complexity index is 411. The lowest BCUT2D eigenvalue weighted by atomic mass is 10.1. The second kappa shape index (κ2) is 7.29. The Labute approximate surface area is 115 Å². The summed E-state index contributed by atoms with van der Waals surface area (Å²) < 4.78 is 5.77. The molecule has 1 saturated carbocycles. The van der Waals surface area contributed by atoms with E-state index in [1.165, 1.54) is 25.7 Å². The van der Waals surface area contributed by atoms with Crippen molar-refractivity contribution in [3.8, 4) is 5.75 Å². The van der Waals surface area contributed by atoms with E-state index >= 15 is 0 Å². The van der Waals surface area contributed by atoms with Crippen LogP contribution < -0.4 is 10.1 Å². The monoisotopic (exact) mass is 262 g/mol. The number of benzene rings is 1. The number of carbonyl (C=O) groups is 1. The predicted octanol–water partition coefficient (Wildman–Crippen LogP) is 2.16. The van der Waals surface area contributed by atoms with Crippen LogP contribution in [0.15, 0.2) is 24.3 Å². The molecule has 1 aliphatic rings. The molecular formula is C16H24NO2+. The Balaban J connectivity index is 1.80. The molecule has 0 heterocycles. The van der Waals surface area contributed by atoms with Crippen LogP contribution in [0.1, 0.15) is 49.4 Å². The summed E-state index contributed by atoms with van der Waals surface area (Å²) in [7, 11) is 0. The first-order valence-electron chi connectivity index (χ1n) is 7.39. The highest BCUT2D eigenvalue weighted by Gasteiger charge is 2.17. The molecule has 0 aliphatic heterocycles. The van der Waals surface area contributed by atoms with Crippen LogP contribution in [0.4, 0.5) is 0 Å². The third-order valence-electron chi connectivity index (χ3n) is 3.78. The zero-order valence-corrected chi connectivity index (χ0v) is 11.7. The van der Waals surface area contributed by atoms with Gasteiger partial charge in [0.15, 0.2) is 5.78 Å². The molecule has 1 aromatic rings. The quantitative estimate of drug-likeness (QED) is 0.604. The van der Waals surface area contributed by atoms with Gasteiger partial charge in [0.2, 0.25) is 0 Å². The first kappa shape index (κ1) is 14.1. The fourth-order valence-electron chi connectivity index (χ4n) is 2.68. The van der Waals surface area contributed by atoms with Crippen LogP contribution in [-0.4, -0.2) is 25.0 Å². The zero-order valence-electron chi connectivity index (χ0n) is 11.7. The van der Waals surface area contributed by atoms with Gasteiger partial charge in [-0.05, 0) is 37.8 Å². The largest absolute Gasteiger partial charge is 0.487 e. The Morgan fingerprint density at radius 3 is 2.79 bits per heavy atom. The predicted molar refractivity (Wildman–Crippen MR) is 75.6 cm³/mol. The van der Waals surface area contributed by atoms with Gasteiger partial charge in [0.1, 0.15) is 18.9 Å². The maximum atomic E-state index is 11.8. The molecule has 3 nitrogen and oxygen atoms in total. The Kier molecular flexibility index (Phi) is 5.40. The summed E-state index contributed by atoms with van der Waals surface area (Å²) >= 11 is 0. The third kappa shape index (κ3) is 4.06. The highest BCUT2D eigenvalue weighted by Crippen LogP contribution is 2.19. The normalized spacial score (nSPS) is 15.6. The van der Waals surface area contributed by atoms with Crippen LogP contribution in [0.5, 0.6) is 5.75 Å². The van der Waals surface area contributed by atoms with Crippen molar-refractivity contribution in [2.24, 2.45) is 0 Å². The van der Waals surface area contributed by atoms with Gasteiger partial charge in [-0.3, -0.25) is 4.79 Å². The Morgan fingerprint density at radius 1 is 1.32 bits per heavy atom. The van der Waals surface area contributed by atoms with Gasteiger partial charge in [-0.15, -0.1) is 0 Å². The Morgan fingerprint density at radius 2 is 2.05 bits per heavy atom. The average Bonchev–Trinajstić information content (AvgIpc) is 2.96. The fourth-order valence-corrected chi connectivity index (χ4v) is 2.68. The number of carbonyl (C=O) groups excluding carboxylic acids is 1. The van der Waals surface area contributed by atoms with Gasteiger partial charge in [-0.2, -0.15) is 0 Å². The van der Waals surface area contributed by atoms with Gasteiger partial charge in [0.05, 0.1) is 11.6 Å². The molecule has 104 valence electrons. The molecule has 0 amide bonds. The van der Waals surface area contributed by atoms with E-state index in [-0.39, 0.29) is 5.78 Å². The topological polar surface area (TPSA) is 42.9 Å². The number of nitrogens with two attached hydrogens (primary N) is 1. The molecule has 0 unspecified atom stereocenters. The summed E-state index contributed by atoms with van der Waals surface area (Å²) in [6.45, 7) is 3.52. The van der Waals surface area contributed by atoms with E-state index in [0.717, 1.165) is 18.3 Å². The average molecular weight is 262 g/mol. The first-order valence-corrected chi connectivity index (χ1v) is 7.39. The fraction of sp³-hybridized carbons (Fsp3) is 0.562. The van der Waals surface area contributed by atoms with Crippen molar-refractivity contribution in [1.29, 1.82) is 0 Å². The van der Waals surface area contributed by atoms with E-state index in [4.69, 9.17) is 4.74 Å². The van der Waals surface area contributed by atoms with Crippen LogP contribution in [-0.2, 0) is 0 Å². The van der Waals surface area contributed by atoms with E-state index < -0.39 is 0 Å². The Hall–Kier alpha value is -1.35. The molecule has 3 heteroatoms. The number of para-hydroxylation sites is 1. The molecular weight excluding hydrogens is 238 g/mol. The molecule has 1 aromatic carbocycles. The van der Waals surface area contributed by atoms with Crippen molar-refractivity contribution in [1.82, 2.24) is 0 Å². The molecule has 0 aromatic heterocycles. The standard InChI is InChI=1S/C16H23NO2/c1-2-15(18)14-9-5-6-10-16(14)19-12-11-17-13-7-3-4-8-13/h5-6,9-10,13,17H,2-4,7-8,11-12H2,1H3/p+1. The van der Waals surface area contributed by atoms with Crippen LogP contribution in [0.2, 0.25) is 0 Å². The van der Waals surface area contributed by atoms with Crippen LogP contribution in [0.25, 0.3) is 0 Å². The minimum absolute atomic E-state index is 0.148. The highest BCUT2D eigenvalue weighted by atomic mass is 16.5. The zero-order chi connectivity index (χ0) is 13.5. The molecule has 1 fully saturated rings. The van der Waals surface area contributed by atoms with Crippen molar-refractivity contribution in [2.75, 3.05) is 13.2 Å². The third-order valence-corrected chi connectivity index (χ3v) is 3.78. The maximum absolute atomic E-state index is 11.8. The summed E-state index contributed by atoms with van der Waals surface area (Å²) in [6, 6.07) is 8.33. The van der Waals surface area contributed by atoms with Crippen molar-refractivity contribution in [3.05, 3.63) is 29.8 Å². The summed E-state index contributed by atoms with van der Waals surface area (Å²) in [4.78, 5) is 11.8. The van der Waals surface area contributed by atoms with Crippen LogP contribution in [0.3, 0.4) is 0 Å². The summed E-state index contributed by atoms with van der Waals surface area (Å²) in [5.41, 5.74) is 0.714. The maximum Gasteiger partial charge on any atom is 0.166 e. The minimum Gasteiger partial charge on any atom is -0.487 e. The molecule has 1 aliphatic carbocycles. The summed E-state index contributed by atoms with van der Waals surface area (Å²) in [6.07, 6.45) is 5.94. The molecule has 19 heavy (non-hydrogen) atoms. The number of quaternary nitrogens is 1. The lowest BCUT2D eigenvalue weighted by Gasteiger charge is -2.11. The molecule has 2 rings (SSSR count). The molecule has 0 radical (unpaired) electrons. The van der Waals surface area contributed by atoms with Gasteiger partial charge < -0.3 is 10.1 Å². The van der Waals surface area contributed by atoms with Crippen LogP contribution in [0, 0.1) is 0 Å². The van der Waals surface area contributed by atoms with E-state index in [0.29, 0.717) is 18.6 Å². The summed E-state index contributed by atoms with van der Waals surface area (Å²) in [5, 5.41) is 2.39. The van der Waals surface area contributed by atoms with Gasteiger partial charge in [-0.25, -0.2) is 0 Å². The molecule has 0 saturated heterocycles. The van der Waals surface area contributed by atoms with E-state index in [1.807, 2.05) is 31.2 Å². The van der Waals surface area contributed by atoms with Gasteiger partial charge in [0.25, 0.3) is 0 Å². The van der Waals surface area contributed by atoms with Gasteiger partial charge in [0, 0.05) is 6.42 Å². The second-order valence-corrected chi connectivity index (χ2v) is 5.19. The SMILES string of the molecule is CCC(=O)c1ccccc1OCC[NH2+]C1CCCC1. The smallest absolute Gasteiger partial charge is 0.166 e. The van der Waals surface area contributed by atoms with E-state index in [2.05, 4.69) is 5.32 Å². The second-order valence-electron chi connectivity index (χ2n) is 5.19.